The minimum Gasteiger partial charge on any atom is -0.496 e. The average molecular weight is 286 g/mol. The zero-order valence-corrected chi connectivity index (χ0v) is 11.8. The van der Waals surface area contributed by atoms with Crippen molar-refractivity contribution in [1.29, 1.82) is 0 Å². The molecule has 1 rings (SSSR count). The van der Waals surface area contributed by atoms with E-state index in [1.807, 2.05) is 18.2 Å². The molecule has 2 nitrogen and oxygen atoms in total. The third-order valence-electron chi connectivity index (χ3n) is 2.51. The van der Waals surface area contributed by atoms with Crippen molar-refractivity contribution in [2.75, 3.05) is 7.11 Å². The standard InChI is InChI=1S/C13H20BrNO/c1-10(14)8-11(2)15-9-12-6-4-5-7-13(12)16-3/h4-7,10-11,15H,8-9H2,1-3H3. The molecule has 0 aromatic heterocycles. The van der Waals surface area contributed by atoms with Gasteiger partial charge in [0.25, 0.3) is 0 Å². The molecule has 0 saturated heterocycles. The van der Waals surface area contributed by atoms with Crippen molar-refractivity contribution < 1.29 is 4.74 Å². The molecule has 0 aliphatic heterocycles. The number of methoxy groups -OCH3 is 1. The number of alkyl halides is 1. The topological polar surface area (TPSA) is 21.3 Å². The summed E-state index contributed by atoms with van der Waals surface area (Å²) in [5, 5.41) is 3.49. The summed E-state index contributed by atoms with van der Waals surface area (Å²) in [5.74, 6) is 0.953. The zero-order chi connectivity index (χ0) is 12.0. The van der Waals surface area contributed by atoms with Gasteiger partial charge in [-0.25, -0.2) is 0 Å². The molecule has 1 aromatic rings. The Morgan fingerprint density at radius 3 is 2.62 bits per heavy atom. The predicted molar refractivity (Wildman–Crippen MR) is 72.3 cm³/mol. The Hall–Kier alpha value is -0.540. The molecule has 0 aliphatic rings. The molecule has 16 heavy (non-hydrogen) atoms. The zero-order valence-electron chi connectivity index (χ0n) is 10.2. The quantitative estimate of drug-likeness (QED) is 0.810. The summed E-state index contributed by atoms with van der Waals surface area (Å²) in [7, 11) is 1.71. The van der Waals surface area contributed by atoms with E-state index in [0.717, 1.165) is 18.7 Å². The molecule has 2 atom stereocenters. The van der Waals surface area contributed by atoms with Crippen molar-refractivity contribution in [3.8, 4) is 5.75 Å². The molecular formula is C13H20BrNO. The molecule has 0 bridgehead atoms. The van der Waals surface area contributed by atoms with Gasteiger partial charge in [-0.05, 0) is 19.4 Å². The second kappa shape index (κ2) is 6.92. The van der Waals surface area contributed by atoms with Crippen LogP contribution in [0.25, 0.3) is 0 Å². The number of ether oxygens (including phenoxy) is 1. The SMILES string of the molecule is COc1ccccc1CNC(C)CC(C)Br. The first-order chi connectivity index (χ1) is 7.63. The fraction of sp³-hybridized carbons (Fsp3) is 0.538. The first kappa shape index (κ1) is 13.5. The Morgan fingerprint density at radius 1 is 1.31 bits per heavy atom. The Morgan fingerprint density at radius 2 is 2.00 bits per heavy atom. The van der Waals surface area contributed by atoms with Gasteiger partial charge in [0.2, 0.25) is 0 Å². The van der Waals surface area contributed by atoms with Crippen LogP contribution in [0.5, 0.6) is 5.75 Å². The van der Waals surface area contributed by atoms with Crippen LogP contribution >= 0.6 is 15.9 Å². The molecule has 0 amide bonds. The first-order valence-corrected chi connectivity index (χ1v) is 6.54. The summed E-state index contributed by atoms with van der Waals surface area (Å²) in [4.78, 5) is 0.549. The number of para-hydroxylation sites is 1. The summed E-state index contributed by atoms with van der Waals surface area (Å²) in [6.07, 6.45) is 1.12. The fourth-order valence-corrected chi connectivity index (χ4v) is 2.26. The van der Waals surface area contributed by atoms with Gasteiger partial charge in [0, 0.05) is 23.0 Å². The van der Waals surface area contributed by atoms with Gasteiger partial charge in [-0.2, -0.15) is 0 Å². The minimum atomic E-state index is 0.499. The normalized spacial score (nSPS) is 14.5. The first-order valence-electron chi connectivity index (χ1n) is 5.62. The largest absolute Gasteiger partial charge is 0.496 e. The lowest BCUT2D eigenvalue weighted by Gasteiger charge is -2.16. The van der Waals surface area contributed by atoms with Gasteiger partial charge in [-0.1, -0.05) is 41.1 Å². The lowest BCUT2D eigenvalue weighted by atomic mass is 10.1. The maximum atomic E-state index is 5.31. The number of rotatable bonds is 6. The molecule has 0 radical (unpaired) electrons. The van der Waals surface area contributed by atoms with E-state index in [9.17, 15) is 0 Å². The highest BCUT2D eigenvalue weighted by Crippen LogP contribution is 2.17. The van der Waals surface area contributed by atoms with Gasteiger partial charge in [0.1, 0.15) is 5.75 Å². The summed E-state index contributed by atoms with van der Waals surface area (Å²) < 4.78 is 5.31. The second-order valence-electron chi connectivity index (χ2n) is 4.11. The molecule has 1 N–H and O–H groups in total. The Labute approximate surface area is 107 Å². The maximum absolute atomic E-state index is 5.31. The highest BCUT2D eigenvalue weighted by molar-refractivity contribution is 9.09. The molecule has 90 valence electrons. The van der Waals surface area contributed by atoms with Gasteiger partial charge in [-0.3, -0.25) is 0 Å². The second-order valence-corrected chi connectivity index (χ2v) is 5.67. The van der Waals surface area contributed by atoms with E-state index >= 15 is 0 Å². The molecule has 0 spiro atoms. The number of hydrogen-bond acceptors (Lipinski definition) is 2. The predicted octanol–water partition coefficient (Wildman–Crippen LogP) is 3.35. The van der Waals surface area contributed by atoms with Crippen LogP contribution in [-0.4, -0.2) is 18.0 Å². The van der Waals surface area contributed by atoms with Gasteiger partial charge in [0.15, 0.2) is 0 Å². The van der Waals surface area contributed by atoms with Crippen LogP contribution in [-0.2, 0) is 6.54 Å². The van der Waals surface area contributed by atoms with Crippen molar-refractivity contribution in [2.45, 2.75) is 37.7 Å². The molecule has 2 unspecified atom stereocenters. The number of halogens is 1. The number of hydrogen-bond donors (Lipinski definition) is 1. The highest BCUT2D eigenvalue weighted by atomic mass is 79.9. The van der Waals surface area contributed by atoms with E-state index in [0.29, 0.717) is 10.9 Å². The van der Waals surface area contributed by atoms with Gasteiger partial charge < -0.3 is 10.1 Å². The fourth-order valence-electron chi connectivity index (χ4n) is 1.70. The smallest absolute Gasteiger partial charge is 0.123 e. The maximum Gasteiger partial charge on any atom is 0.123 e. The van der Waals surface area contributed by atoms with Crippen molar-refractivity contribution in [3.63, 3.8) is 0 Å². The third kappa shape index (κ3) is 4.54. The van der Waals surface area contributed by atoms with Crippen LogP contribution in [0.3, 0.4) is 0 Å². The summed E-state index contributed by atoms with van der Waals surface area (Å²) in [6.45, 7) is 5.22. The molecular weight excluding hydrogens is 266 g/mol. The lowest BCUT2D eigenvalue weighted by Crippen LogP contribution is -2.27. The summed E-state index contributed by atoms with van der Waals surface area (Å²) in [5.41, 5.74) is 1.21. The monoisotopic (exact) mass is 285 g/mol. The van der Waals surface area contributed by atoms with E-state index in [-0.39, 0.29) is 0 Å². The van der Waals surface area contributed by atoms with Gasteiger partial charge >= 0.3 is 0 Å². The van der Waals surface area contributed by atoms with Crippen molar-refractivity contribution in [3.05, 3.63) is 29.8 Å². The highest BCUT2D eigenvalue weighted by Gasteiger charge is 2.07. The average Bonchev–Trinajstić information content (AvgIpc) is 2.26. The minimum absolute atomic E-state index is 0.499. The van der Waals surface area contributed by atoms with Crippen LogP contribution in [0.1, 0.15) is 25.8 Å². The molecule has 1 aromatic carbocycles. The number of benzene rings is 1. The van der Waals surface area contributed by atoms with Crippen LogP contribution in [0.15, 0.2) is 24.3 Å². The van der Waals surface area contributed by atoms with E-state index in [1.165, 1.54) is 5.56 Å². The van der Waals surface area contributed by atoms with Gasteiger partial charge in [0.05, 0.1) is 7.11 Å². The number of nitrogens with one attached hydrogen (secondary N) is 1. The van der Waals surface area contributed by atoms with Crippen LogP contribution in [0.2, 0.25) is 0 Å². The summed E-state index contributed by atoms with van der Waals surface area (Å²) >= 11 is 3.56. The molecule has 3 heteroatoms. The molecule has 0 fully saturated rings. The van der Waals surface area contributed by atoms with Crippen LogP contribution in [0.4, 0.5) is 0 Å². The molecule has 0 saturated carbocycles. The van der Waals surface area contributed by atoms with E-state index in [2.05, 4.69) is 41.2 Å². The third-order valence-corrected chi connectivity index (χ3v) is 2.89. The summed E-state index contributed by atoms with van der Waals surface area (Å²) in [6, 6.07) is 8.62. The van der Waals surface area contributed by atoms with E-state index in [4.69, 9.17) is 4.74 Å². The van der Waals surface area contributed by atoms with Crippen molar-refractivity contribution in [2.24, 2.45) is 0 Å². The van der Waals surface area contributed by atoms with Crippen molar-refractivity contribution >= 4 is 15.9 Å². The Balaban J connectivity index is 2.47. The van der Waals surface area contributed by atoms with Crippen molar-refractivity contribution in [1.82, 2.24) is 5.32 Å². The van der Waals surface area contributed by atoms with Gasteiger partial charge in [-0.15, -0.1) is 0 Å². The van der Waals surface area contributed by atoms with E-state index < -0.39 is 0 Å². The van der Waals surface area contributed by atoms with Crippen LogP contribution < -0.4 is 10.1 Å². The molecule has 0 heterocycles. The Kier molecular flexibility index (Phi) is 5.85. The molecule has 0 aliphatic carbocycles. The Bertz CT molecular complexity index is 315. The lowest BCUT2D eigenvalue weighted by molar-refractivity contribution is 0.405. The van der Waals surface area contributed by atoms with Crippen LogP contribution in [0, 0.1) is 0 Å². The van der Waals surface area contributed by atoms with E-state index in [1.54, 1.807) is 7.11 Å².